The van der Waals surface area contributed by atoms with Gasteiger partial charge in [-0.1, -0.05) is 37.6 Å². The second-order valence-corrected chi connectivity index (χ2v) is 10.8. The lowest BCUT2D eigenvalue weighted by molar-refractivity contribution is 0.276. The number of nitrogens with zero attached hydrogens (tertiary/aromatic N) is 4. The number of benzene rings is 1. The number of aliphatic hydroxyl groups excluding tert-OH is 1. The molecule has 1 aromatic carbocycles. The molecule has 0 saturated carbocycles. The van der Waals surface area contributed by atoms with Crippen molar-refractivity contribution in [3.63, 3.8) is 0 Å². The molecule has 4 aromatic rings. The first-order chi connectivity index (χ1) is 16.2. The fourth-order valence-corrected chi connectivity index (χ4v) is 3.17. The molecule has 0 aliphatic carbocycles. The summed E-state index contributed by atoms with van der Waals surface area (Å²) in [5.41, 5.74) is 4.74. The van der Waals surface area contributed by atoms with Crippen LogP contribution in [0.5, 0.6) is 0 Å². The Morgan fingerprint density at radius 1 is 1.03 bits per heavy atom. The quantitative estimate of drug-likeness (QED) is 0.416. The van der Waals surface area contributed by atoms with Crippen LogP contribution in [0, 0.1) is 0 Å². The van der Waals surface area contributed by atoms with Crippen LogP contribution in [0.15, 0.2) is 60.8 Å². The summed E-state index contributed by atoms with van der Waals surface area (Å²) in [5, 5.41) is 19.9. The van der Waals surface area contributed by atoms with Crippen LogP contribution in [0.3, 0.4) is 0 Å². The van der Waals surface area contributed by atoms with Crippen molar-refractivity contribution in [2.24, 2.45) is 5.14 Å². The number of nitrogens with two attached hydrogens (primary N) is 1. The lowest BCUT2D eigenvalue weighted by atomic mass is 10.1. The summed E-state index contributed by atoms with van der Waals surface area (Å²) in [5.74, 6) is 0.693. The molecule has 0 fully saturated rings. The van der Waals surface area contributed by atoms with Gasteiger partial charge in [-0.15, -0.1) is 0 Å². The van der Waals surface area contributed by atoms with Crippen molar-refractivity contribution >= 4 is 21.9 Å². The number of hydrogen-bond donors (Lipinski definition) is 2. The molecule has 4 rings (SSSR count). The summed E-state index contributed by atoms with van der Waals surface area (Å²) in [4.78, 5) is 9.29. The van der Waals surface area contributed by atoms with Gasteiger partial charge in [0.2, 0.25) is 0 Å². The van der Waals surface area contributed by atoms with Gasteiger partial charge >= 0.3 is 0 Å². The van der Waals surface area contributed by atoms with E-state index >= 15 is 0 Å². The van der Waals surface area contributed by atoms with Gasteiger partial charge in [-0.3, -0.25) is 10.1 Å². The molecule has 1 atom stereocenters. The molecule has 34 heavy (non-hydrogen) atoms. The first kappa shape index (κ1) is 25.7. The van der Waals surface area contributed by atoms with Crippen LogP contribution in [0.1, 0.15) is 51.9 Å². The van der Waals surface area contributed by atoms with E-state index in [1.165, 1.54) is 0 Å². The molecular weight excluding hydrogens is 446 g/mol. The zero-order valence-electron chi connectivity index (χ0n) is 20.2. The van der Waals surface area contributed by atoms with Crippen LogP contribution < -0.4 is 5.14 Å². The summed E-state index contributed by atoms with van der Waals surface area (Å²) < 4.78 is 11.9. The Kier molecular flexibility index (Phi) is 8.66. The standard InChI is InChI=1S/C22H22N4O.C4H11NOS/c1-2-3-6-18-7-4-9-20(24-18)16-11-12-17-14-23-26(21(17)13-16)22-10-5-8-19(15-27)25-22;1-4(2,3)7(5)6/h4-5,7-14,27H,2-3,6,15H2,1H3;5H2,1-3H3. The highest BCUT2D eigenvalue weighted by atomic mass is 32.2. The van der Waals surface area contributed by atoms with Crippen LogP contribution in [0.4, 0.5) is 0 Å². The van der Waals surface area contributed by atoms with E-state index in [4.69, 9.17) is 10.1 Å². The summed E-state index contributed by atoms with van der Waals surface area (Å²) >= 11 is 0. The van der Waals surface area contributed by atoms with Gasteiger partial charge in [0, 0.05) is 16.6 Å². The lowest BCUT2D eigenvalue weighted by Crippen LogP contribution is -2.27. The van der Waals surface area contributed by atoms with Gasteiger partial charge in [0.1, 0.15) is 0 Å². The number of aryl methyl sites for hydroxylation is 1. The summed E-state index contributed by atoms with van der Waals surface area (Å²) in [6.45, 7) is 7.61. The maximum atomic E-state index is 10.4. The molecule has 0 amide bonds. The molecule has 0 aliphatic rings. The molecule has 7 nitrogen and oxygen atoms in total. The predicted octanol–water partition coefficient (Wildman–Crippen LogP) is 4.72. The molecule has 1 unspecified atom stereocenters. The maximum Gasteiger partial charge on any atom is 0.154 e. The van der Waals surface area contributed by atoms with Gasteiger partial charge in [0.05, 0.1) is 45.4 Å². The fraction of sp³-hybridized carbons (Fsp3) is 0.346. The number of aromatic nitrogens is 4. The van der Waals surface area contributed by atoms with E-state index in [0.717, 1.165) is 47.1 Å². The van der Waals surface area contributed by atoms with Crippen LogP contribution in [0.25, 0.3) is 28.0 Å². The highest BCUT2D eigenvalue weighted by Gasteiger charge is 2.14. The zero-order valence-corrected chi connectivity index (χ0v) is 21.0. The van der Waals surface area contributed by atoms with Crippen LogP contribution in [-0.2, 0) is 24.0 Å². The molecule has 3 N–H and O–H groups in total. The number of hydrogen-bond acceptors (Lipinski definition) is 5. The summed E-state index contributed by atoms with van der Waals surface area (Å²) in [6, 6.07) is 18.0. The average molecular weight is 480 g/mol. The van der Waals surface area contributed by atoms with Crippen LogP contribution in [0.2, 0.25) is 0 Å². The highest BCUT2D eigenvalue weighted by Crippen LogP contribution is 2.25. The van der Waals surface area contributed by atoms with Crippen LogP contribution in [-0.4, -0.2) is 33.8 Å². The third-order valence-electron chi connectivity index (χ3n) is 5.23. The maximum absolute atomic E-state index is 10.4. The largest absolute Gasteiger partial charge is 0.390 e. The van der Waals surface area contributed by atoms with Crippen molar-refractivity contribution in [1.82, 2.24) is 19.7 Å². The van der Waals surface area contributed by atoms with Gasteiger partial charge in [0.25, 0.3) is 0 Å². The Hall–Kier alpha value is -2.94. The monoisotopic (exact) mass is 479 g/mol. The Morgan fingerprint density at radius 3 is 2.41 bits per heavy atom. The average Bonchev–Trinajstić information content (AvgIpc) is 3.26. The molecule has 0 saturated heterocycles. The number of pyridine rings is 2. The van der Waals surface area contributed by atoms with Gasteiger partial charge in [-0.05, 0) is 63.9 Å². The van der Waals surface area contributed by atoms with Crippen LogP contribution >= 0.6 is 0 Å². The van der Waals surface area contributed by atoms with Gasteiger partial charge in [0.15, 0.2) is 5.82 Å². The van der Waals surface area contributed by atoms with Gasteiger partial charge in [-0.2, -0.15) is 5.10 Å². The van der Waals surface area contributed by atoms with E-state index in [1.54, 1.807) is 10.7 Å². The highest BCUT2D eigenvalue weighted by molar-refractivity contribution is 7.84. The van der Waals surface area contributed by atoms with Gasteiger partial charge < -0.3 is 5.11 Å². The number of aliphatic hydroxyl groups is 1. The first-order valence-electron chi connectivity index (χ1n) is 11.4. The fourth-order valence-electron chi connectivity index (χ4n) is 3.17. The van der Waals surface area contributed by atoms with Crippen molar-refractivity contribution in [2.45, 2.75) is 58.3 Å². The minimum absolute atomic E-state index is 0.0905. The summed E-state index contributed by atoms with van der Waals surface area (Å²) in [7, 11) is -1.18. The lowest BCUT2D eigenvalue weighted by Gasteiger charge is -2.11. The minimum atomic E-state index is -1.18. The SMILES string of the molecule is CC(C)(C)S(N)=O.CCCCc1cccc(-c2ccc3cnn(-c4cccc(CO)n4)c3c2)n1. The summed E-state index contributed by atoms with van der Waals surface area (Å²) in [6.07, 6.45) is 5.14. The first-order valence-corrected chi connectivity index (χ1v) is 12.6. The second kappa shape index (κ2) is 11.5. The van der Waals surface area contributed by atoms with E-state index in [2.05, 4.69) is 47.3 Å². The van der Waals surface area contributed by atoms with Crippen molar-refractivity contribution in [2.75, 3.05) is 0 Å². The number of rotatable bonds is 6. The van der Waals surface area contributed by atoms with E-state index < -0.39 is 11.0 Å². The normalized spacial score (nSPS) is 12.3. The smallest absolute Gasteiger partial charge is 0.154 e. The Morgan fingerprint density at radius 2 is 1.74 bits per heavy atom. The molecule has 0 bridgehead atoms. The zero-order chi connectivity index (χ0) is 24.7. The topological polar surface area (TPSA) is 107 Å². The van der Waals surface area contributed by atoms with E-state index in [1.807, 2.05) is 45.2 Å². The molecule has 0 aliphatic heterocycles. The van der Waals surface area contributed by atoms with E-state index in [0.29, 0.717) is 11.5 Å². The molecule has 180 valence electrons. The Bertz CT molecular complexity index is 1260. The van der Waals surface area contributed by atoms with E-state index in [9.17, 15) is 9.32 Å². The molecule has 8 heteroatoms. The van der Waals surface area contributed by atoms with Crippen molar-refractivity contribution < 1.29 is 9.32 Å². The second-order valence-electron chi connectivity index (χ2n) is 9.00. The molecule has 0 radical (unpaired) electrons. The molecule has 3 heterocycles. The Labute approximate surface area is 203 Å². The number of fused-ring (bicyclic) bond motifs is 1. The van der Waals surface area contributed by atoms with Crippen molar-refractivity contribution in [3.8, 4) is 17.1 Å². The van der Waals surface area contributed by atoms with Crippen molar-refractivity contribution in [3.05, 3.63) is 72.2 Å². The Balaban J connectivity index is 0.000000406. The predicted molar refractivity (Wildman–Crippen MR) is 139 cm³/mol. The molecule has 3 aromatic heterocycles. The third-order valence-corrected chi connectivity index (χ3v) is 6.44. The molecular formula is C26H33N5O2S. The minimum Gasteiger partial charge on any atom is -0.390 e. The number of unbranched alkanes of at least 4 members (excludes halogenated alkanes) is 1. The molecule has 0 spiro atoms. The third kappa shape index (κ3) is 6.56. The van der Waals surface area contributed by atoms with Gasteiger partial charge in [-0.25, -0.2) is 13.9 Å². The van der Waals surface area contributed by atoms with E-state index in [-0.39, 0.29) is 11.4 Å². The van der Waals surface area contributed by atoms with Crippen molar-refractivity contribution in [1.29, 1.82) is 0 Å².